The van der Waals surface area contributed by atoms with E-state index in [1.165, 1.54) is 0 Å². The molecule has 0 saturated heterocycles. The van der Waals surface area contributed by atoms with Crippen molar-refractivity contribution in [2.45, 2.75) is 27.0 Å². The standard InChI is InChI=1S/C17H19FN2O5/c1-17(2,3)15(22)25-10-24-14(11-7-5-4-6-8-11)20-9-12(18)13(21)19-16(20)23/h4-9,14H,10H2,1-3H3,(H,19,21,23). The van der Waals surface area contributed by atoms with Gasteiger partial charge < -0.3 is 9.47 Å². The van der Waals surface area contributed by atoms with E-state index < -0.39 is 41.5 Å². The minimum absolute atomic E-state index is 0.442. The number of ether oxygens (including phenoxy) is 2. The molecule has 7 nitrogen and oxygen atoms in total. The predicted molar refractivity (Wildman–Crippen MR) is 87.4 cm³/mol. The van der Waals surface area contributed by atoms with E-state index in [-0.39, 0.29) is 0 Å². The van der Waals surface area contributed by atoms with Gasteiger partial charge in [-0.25, -0.2) is 4.79 Å². The number of hydrogen-bond acceptors (Lipinski definition) is 5. The van der Waals surface area contributed by atoms with Crippen LogP contribution in [0.5, 0.6) is 0 Å². The van der Waals surface area contributed by atoms with Gasteiger partial charge in [0.15, 0.2) is 13.0 Å². The molecule has 0 amide bonds. The van der Waals surface area contributed by atoms with Crippen LogP contribution in [-0.4, -0.2) is 22.3 Å². The summed E-state index contributed by atoms with van der Waals surface area (Å²) in [5.74, 6) is -1.62. The van der Waals surface area contributed by atoms with Crippen LogP contribution in [0.2, 0.25) is 0 Å². The summed E-state index contributed by atoms with van der Waals surface area (Å²) in [6.07, 6.45) is -0.322. The molecule has 0 saturated carbocycles. The second kappa shape index (κ2) is 7.43. The summed E-state index contributed by atoms with van der Waals surface area (Å²) < 4.78 is 25.0. The lowest BCUT2D eigenvalue weighted by Crippen LogP contribution is -2.35. The van der Waals surface area contributed by atoms with Crippen molar-refractivity contribution in [3.05, 3.63) is 68.7 Å². The smallest absolute Gasteiger partial charge is 0.330 e. The fourth-order valence-electron chi connectivity index (χ4n) is 1.96. The molecule has 0 aliphatic carbocycles. The van der Waals surface area contributed by atoms with Gasteiger partial charge in [-0.3, -0.25) is 19.1 Å². The number of aromatic amines is 1. The molecule has 1 N–H and O–H groups in total. The molecule has 0 bridgehead atoms. The first-order chi connectivity index (χ1) is 11.7. The molecule has 1 unspecified atom stereocenters. The Labute approximate surface area is 143 Å². The third-order valence-electron chi connectivity index (χ3n) is 3.29. The number of esters is 1. The number of nitrogens with zero attached hydrogens (tertiary/aromatic N) is 1. The topological polar surface area (TPSA) is 90.4 Å². The summed E-state index contributed by atoms with van der Waals surface area (Å²) in [6, 6.07) is 8.49. The van der Waals surface area contributed by atoms with Crippen molar-refractivity contribution in [3.8, 4) is 0 Å². The van der Waals surface area contributed by atoms with E-state index in [1.54, 1.807) is 51.1 Å². The second-order valence-electron chi connectivity index (χ2n) is 6.37. The van der Waals surface area contributed by atoms with E-state index in [1.807, 2.05) is 4.98 Å². The van der Waals surface area contributed by atoms with E-state index >= 15 is 0 Å². The van der Waals surface area contributed by atoms with Crippen LogP contribution in [0.1, 0.15) is 32.6 Å². The normalized spacial score (nSPS) is 12.6. The van der Waals surface area contributed by atoms with Crippen LogP contribution in [-0.2, 0) is 14.3 Å². The number of H-pyrrole nitrogens is 1. The number of hydrogen-bond donors (Lipinski definition) is 1. The highest BCUT2D eigenvalue weighted by Gasteiger charge is 2.24. The van der Waals surface area contributed by atoms with Crippen LogP contribution in [0.3, 0.4) is 0 Å². The van der Waals surface area contributed by atoms with Crippen molar-refractivity contribution < 1.29 is 18.7 Å². The summed E-state index contributed by atoms with van der Waals surface area (Å²) in [6.45, 7) is 4.62. The van der Waals surface area contributed by atoms with E-state index in [2.05, 4.69) is 0 Å². The molecular weight excluding hydrogens is 331 g/mol. The monoisotopic (exact) mass is 350 g/mol. The first-order valence-electron chi connectivity index (χ1n) is 7.55. The predicted octanol–water partition coefficient (Wildman–Crippen LogP) is 1.79. The largest absolute Gasteiger partial charge is 0.438 e. The third-order valence-corrected chi connectivity index (χ3v) is 3.29. The fraction of sp³-hybridized carbons (Fsp3) is 0.353. The Hall–Kier alpha value is -2.74. The molecule has 25 heavy (non-hydrogen) atoms. The van der Waals surface area contributed by atoms with Crippen LogP contribution in [0.4, 0.5) is 4.39 Å². The zero-order valence-electron chi connectivity index (χ0n) is 14.1. The molecule has 1 aromatic carbocycles. The van der Waals surface area contributed by atoms with Crippen molar-refractivity contribution in [2.24, 2.45) is 5.41 Å². The van der Waals surface area contributed by atoms with Crippen molar-refractivity contribution in [2.75, 3.05) is 6.79 Å². The zero-order valence-corrected chi connectivity index (χ0v) is 14.1. The van der Waals surface area contributed by atoms with Crippen molar-refractivity contribution in [3.63, 3.8) is 0 Å². The van der Waals surface area contributed by atoms with E-state index in [4.69, 9.17) is 9.47 Å². The fourth-order valence-corrected chi connectivity index (χ4v) is 1.96. The SMILES string of the molecule is CC(C)(C)C(=O)OCOC(c1ccccc1)n1cc(F)c(=O)[nH]c1=O. The first kappa shape index (κ1) is 18.6. The highest BCUT2D eigenvalue weighted by molar-refractivity contribution is 5.75. The number of rotatable bonds is 5. The van der Waals surface area contributed by atoms with Crippen molar-refractivity contribution in [1.29, 1.82) is 0 Å². The maximum atomic E-state index is 13.6. The van der Waals surface area contributed by atoms with Crippen LogP contribution in [0.25, 0.3) is 0 Å². The highest BCUT2D eigenvalue weighted by atomic mass is 19.1. The van der Waals surface area contributed by atoms with Crippen molar-refractivity contribution in [1.82, 2.24) is 9.55 Å². The van der Waals surface area contributed by atoms with Crippen LogP contribution >= 0.6 is 0 Å². The van der Waals surface area contributed by atoms with Crippen LogP contribution in [0.15, 0.2) is 46.1 Å². The highest BCUT2D eigenvalue weighted by Crippen LogP contribution is 2.19. The lowest BCUT2D eigenvalue weighted by atomic mass is 9.98. The molecule has 2 aromatic rings. The van der Waals surface area contributed by atoms with Gasteiger partial charge in [-0.05, 0) is 20.8 Å². The molecule has 1 atom stereocenters. The Kier molecular flexibility index (Phi) is 5.53. The van der Waals surface area contributed by atoms with Gasteiger partial charge in [0.25, 0.3) is 5.56 Å². The molecular formula is C17H19FN2O5. The van der Waals surface area contributed by atoms with Crippen molar-refractivity contribution >= 4 is 5.97 Å². The zero-order chi connectivity index (χ0) is 18.6. The molecule has 134 valence electrons. The minimum Gasteiger partial charge on any atom is -0.438 e. The number of carbonyl (C=O) groups is 1. The van der Waals surface area contributed by atoms with Gasteiger partial charge in [0.2, 0.25) is 5.82 Å². The number of carbonyl (C=O) groups excluding carboxylic acids is 1. The van der Waals surface area contributed by atoms with E-state index in [0.29, 0.717) is 5.56 Å². The second-order valence-corrected chi connectivity index (χ2v) is 6.37. The maximum Gasteiger partial charge on any atom is 0.330 e. The van der Waals surface area contributed by atoms with Gasteiger partial charge in [0.05, 0.1) is 11.6 Å². The Balaban J connectivity index is 2.30. The van der Waals surface area contributed by atoms with Gasteiger partial charge in [-0.2, -0.15) is 4.39 Å². The van der Waals surface area contributed by atoms with E-state index in [0.717, 1.165) is 10.8 Å². The molecule has 0 aliphatic heterocycles. The summed E-state index contributed by atoms with van der Waals surface area (Å²) in [4.78, 5) is 36.9. The molecule has 0 aliphatic rings. The number of halogens is 1. The summed E-state index contributed by atoms with van der Waals surface area (Å²) in [5.41, 5.74) is -2.16. The Morgan fingerprint density at radius 1 is 1.24 bits per heavy atom. The Bertz CT molecular complexity index is 852. The Morgan fingerprint density at radius 3 is 2.48 bits per heavy atom. The number of nitrogens with one attached hydrogen (secondary N) is 1. The first-order valence-corrected chi connectivity index (χ1v) is 7.55. The minimum atomic E-state index is -1.13. The van der Waals surface area contributed by atoms with E-state index in [9.17, 15) is 18.8 Å². The van der Waals surface area contributed by atoms with Crippen LogP contribution in [0, 0.1) is 11.2 Å². The molecule has 0 spiro atoms. The number of aromatic nitrogens is 2. The maximum absolute atomic E-state index is 13.6. The van der Waals surface area contributed by atoms with Crippen LogP contribution < -0.4 is 11.2 Å². The summed E-state index contributed by atoms with van der Waals surface area (Å²) in [5, 5.41) is 0. The molecule has 0 fully saturated rings. The molecule has 1 aromatic heterocycles. The average molecular weight is 350 g/mol. The molecule has 1 heterocycles. The van der Waals surface area contributed by atoms with Gasteiger partial charge in [0, 0.05) is 5.56 Å². The summed E-state index contributed by atoms with van der Waals surface area (Å²) >= 11 is 0. The quantitative estimate of drug-likeness (QED) is 0.656. The molecule has 0 radical (unpaired) electrons. The number of benzene rings is 1. The summed E-state index contributed by atoms with van der Waals surface area (Å²) in [7, 11) is 0. The third kappa shape index (κ3) is 4.63. The van der Waals surface area contributed by atoms with Gasteiger partial charge in [-0.15, -0.1) is 0 Å². The lowest BCUT2D eigenvalue weighted by Gasteiger charge is -2.22. The lowest BCUT2D eigenvalue weighted by molar-refractivity contribution is -0.172. The average Bonchev–Trinajstić information content (AvgIpc) is 2.55. The Morgan fingerprint density at radius 2 is 1.88 bits per heavy atom. The molecule has 8 heteroatoms. The van der Waals surface area contributed by atoms with Gasteiger partial charge in [-0.1, -0.05) is 30.3 Å². The van der Waals surface area contributed by atoms with Gasteiger partial charge in [0.1, 0.15) is 0 Å². The van der Waals surface area contributed by atoms with Gasteiger partial charge >= 0.3 is 11.7 Å². The molecule has 2 rings (SSSR count).